The summed E-state index contributed by atoms with van der Waals surface area (Å²) in [6, 6.07) is 0. The average molecular weight is 174 g/mol. The molecule has 62 valence electrons. The lowest BCUT2D eigenvalue weighted by Gasteiger charge is -2.00. The zero-order chi connectivity index (χ0) is 8.69. The summed E-state index contributed by atoms with van der Waals surface area (Å²) in [4.78, 5) is 9.50. The molecule has 0 atom stereocenters. The number of nitro groups is 1. The Morgan fingerprint density at radius 1 is 1.91 bits per heavy atom. The van der Waals surface area contributed by atoms with Crippen molar-refractivity contribution in [2.24, 2.45) is 0 Å². The number of rotatable bonds is 5. The van der Waals surface area contributed by atoms with Crippen LogP contribution < -0.4 is 5.32 Å². The molecule has 0 fully saturated rings. The van der Waals surface area contributed by atoms with Gasteiger partial charge in [0.25, 0.3) is 6.20 Å². The zero-order valence-electron chi connectivity index (χ0n) is 6.24. The van der Waals surface area contributed by atoms with E-state index in [1.165, 1.54) is 11.8 Å². The SMILES string of the molecule is C=CCN/C(=C/[N+](=O)[O-])SC. The van der Waals surface area contributed by atoms with Gasteiger partial charge in [-0.25, -0.2) is 0 Å². The Hall–Kier alpha value is -0.970. The number of nitrogens with zero attached hydrogens (tertiary/aromatic N) is 1. The lowest BCUT2D eigenvalue weighted by molar-refractivity contribution is -0.403. The van der Waals surface area contributed by atoms with Crippen molar-refractivity contribution >= 4 is 11.8 Å². The van der Waals surface area contributed by atoms with Gasteiger partial charge in [0.15, 0.2) is 0 Å². The van der Waals surface area contributed by atoms with E-state index in [-0.39, 0.29) is 0 Å². The standard InChI is InChI=1S/C6H10N2O2S/c1-3-4-7-6(11-2)5-8(9)10/h3,5,7H,1,4H2,2H3/b6-5-. The van der Waals surface area contributed by atoms with Crippen LogP contribution in [-0.2, 0) is 0 Å². The van der Waals surface area contributed by atoms with Crippen molar-refractivity contribution in [2.75, 3.05) is 12.8 Å². The minimum absolute atomic E-state index is 0.484. The highest BCUT2D eigenvalue weighted by atomic mass is 32.2. The van der Waals surface area contributed by atoms with Crippen molar-refractivity contribution < 1.29 is 4.92 Å². The van der Waals surface area contributed by atoms with Crippen LogP contribution in [0.2, 0.25) is 0 Å². The first kappa shape index (κ1) is 10.0. The maximum Gasteiger partial charge on any atom is 0.263 e. The Morgan fingerprint density at radius 2 is 2.55 bits per heavy atom. The van der Waals surface area contributed by atoms with E-state index < -0.39 is 4.92 Å². The minimum atomic E-state index is -0.484. The van der Waals surface area contributed by atoms with E-state index in [1.54, 1.807) is 12.3 Å². The van der Waals surface area contributed by atoms with Gasteiger partial charge in [-0.05, 0) is 6.26 Å². The highest BCUT2D eigenvalue weighted by Gasteiger charge is 1.97. The van der Waals surface area contributed by atoms with Gasteiger partial charge in [0, 0.05) is 6.54 Å². The van der Waals surface area contributed by atoms with Gasteiger partial charge >= 0.3 is 0 Å². The Morgan fingerprint density at radius 3 is 2.91 bits per heavy atom. The van der Waals surface area contributed by atoms with Crippen molar-refractivity contribution in [3.8, 4) is 0 Å². The molecular weight excluding hydrogens is 164 g/mol. The molecule has 0 aromatic heterocycles. The molecule has 4 nitrogen and oxygen atoms in total. The quantitative estimate of drug-likeness (QED) is 0.386. The van der Waals surface area contributed by atoms with Gasteiger partial charge in [-0.15, -0.1) is 18.3 Å². The molecule has 0 spiro atoms. The van der Waals surface area contributed by atoms with Gasteiger partial charge < -0.3 is 5.32 Å². The molecule has 0 saturated carbocycles. The molecule has 0 aromatic rings. The minimum Gasteiger partial charge on any atom is -0.371 e. The second-order valence-corrected chi connectivity index (χ2v) is 2.50. The Labute approximate surface area is 69.5 Å². The van der Waals surface area contributed by atoms with E-state index in [4.69, 9.17) is 0 Å². The number of hydrogen-bond donors (Lipinski definition) is 1. The molecular formula is C6H10N2O2S. The first-order chi connectivity index (χ1) is 5.20. The first-order valence-corrected chi connectivity index (χ1v) is 4.17. The summed E-state index contributed by atoms with van der Waals surface area (Å²) in [5, 5.41) is 13.3. The predicted octanol–water partition coefficient (Wildman–Crippen LogP) is 1.20. The number of nitrogens with one attached hydrogen (secondary N) is 1. The molecule has 0 saturated heterocycles. The molecule has 0 heterocycles. The van der Waals surface area contributed by atoms with E-state index in [9.17, 15) is 10.1 Å². The molecule has 0 rings (SSSR count). The molecule has 0 aliphatic carbocycles. The molecule has 0 aliphatic rings. The van der Waals surface area contributed by atoms with E-state index >= 15 is 0 Å². The molecule has 0 radical (unpaired) electrons. The van der Waals surface area contributed by atoms with Gasteiger partial charge in [-0.1, -0.05) is 6.08 Å². The predicted molar refractivity (Wildman–Crippen MR) is 46.8 cm³/mol. The summed E-state index contributed by atoms with van der Waals surface area (Å²) in [5.74, 6) is 0. The largest absolute Gasteiger partial charge is 0.371 e. The van der Waals surface area contributed by atoms with E-state index in [0.29, 0.717) is 11.6 Å². The normalized spacial score (nSPS) is 10.8. The maximum atomic E-state index is 9.98. The summed E-state index contributed by atoms with van der Waals surface area (Å²) in [5.41, 5.74) is 0. The van der Waals surface area contributed by atoms with Crippen LogP contribution in [0.1, 0.15) is 0 Å². The van der Waals surface area contributed by atoms with Gasteiger partial charge in [0.1, 0.15) is 5.03 Å². The molecule has 11 heavy (non-hydrogen) atoms. The molecule has 1 N–H and O–H groups in total. The van der Waals surface area contributed by atoms with Crippen molar-refractivity contribution in [3.63, 3.8) is 0 Å². The highest BCUT2D eigenvalue weighted by Crippen LogP contribution is 2.05. The van der Waals surface area contributed by atoms with Crippen molar-refractivity contribution in [2.45, 2.75) is 0 Å². The fourth-order valence-electron chi connectivity index (χ4n) is 0.439. The molecule has 0 amide bonds. The van der Waals surface area contributed by atoms with Crippen LogP contribution >= 0.6 is 11.8 Å². The summed E-state index contributed by atoms with van der Waals surface area (Å²) < 4.78 is 0. The van der Waals surface area contributed by atoms with Gasteiger partial charge in [0.2, 0.25) is 0 Å². The summed E-state index contributed by atoms with van der Waals surface area (Å²) >= 11 is 1.30. The fourth-order valence-corrected chi connectivity index (χ4v) is 0.858. The maximum absolute atomic E-state index is 9.98. The van der Waals surface area contributed by atoms with Crippen LogP contribution in [0, 0.1) is 10.1 Å². The van der Waals surface area contributed by atoms with Gasteiger partial charge in [-0.3, -0.25) is 10.1 Å². The third-order valence-electron chi connectivity index (χ3n) is 0.863. The Balaban J connectivity index is 3.93. The first-order valence-electron chi connectivity index (χ1n) is 2.94. The van der Waals surface area contributed by atoms with E-state index in [0.717, 1.165) is 6.20 Å². The van der Waals surface area contributed by atoms with Gasteiger partial charge in [-0.2, -0.15) is 0 Å². The van der Waals surface area contributed by atoms with Crippen molar-refractivity contribution in [3.05, 3.63) is 34.0 Å². The smallest absolute Gasteiger partial charge is 0.263 e. The van der Waals surface area contributed by atoms with Crippen LogP contribution in [0.4, 0.5) is 0 Å². The van der Waals surface area contributed by atoms with E-state index in [1.807, 2.05) is 0 Å². The molecule has 5 heteroatoms. The van der Waals surface area contributed by atoms with Gasteiger partial charge in [0.05, 0.1) is 4.92 Å². The zero-order valence-corrected chi connectivity index (χ0v) is 7.06. The van der Waals surface area contributed by atoms with Crippen LogP contribution in [0.5, 0.6) is 0 Å². The number of thioether (sulfide) groups is 1. The fraction of sp³-hybridized carbons (Fsp3) is 0.333. The van der Waals surface area contributed by atoms with Crippen LogP contribution in [0.3, 0.4) is 0 Å². The summed E-state index contributed by atoms with van der Waals surface area (Å²) in [6.07, 6.45) is 4.35. The third kappa shape index (κ3) is 5.47. The summed E-state index contributed by atoms with van der Waals surface area (Å²) in [6.45, 7) is 4.02. The molecule has 0 bridgehead atoms. The highest BCUT2D eigenvalue weighted by molar-refractivity contribution is 8.02. The third-order valence-corrected chi connectivity index (χ3v) is 1.55. The van der Waals surface area contributed by atoms with E-state index in [2.05, 4.69) is 11.9 Å². The Bertz CT molecular complexity index is 179. The second-order valence-electron chi connectivity index (χ2n) is 1.65. The van der Waals surface area contributed by atoms with Crippen molar-refractivity contribution in [1.82, 2.24) is 5.32 Å². The topological polar surface area (TPSA) is 55.2 Å². The monoisotopic (exact) mass is 174 g/mol. The van der Waals surface area contributed by atoms with Crippen LogP contribution in [0.15, 0.2) is 23.9 Å². The number of hydrogen-bond acceptors (Lipinski definition) is 4. The lowest BCUT2D eigenvalue weighted by Crippen LogP contribution is -2.11. The molecule has 0 aliphatic heterocycles. The van der Waals surface area contributed by atoms with Crippen LogP contribution in [0.25, 0.3) is 0 Å². The molecule has 0 unspecified atom stereocenters. The lowest BCUT2D eigenvalue weighted by atomic mass is 10.6. The Kier molecular flexibility index (Phi) is 5.28. The summed E-state index contributed by atoms with van der Waals surface area (Å²) in [7, 11) is 0. The van der Waals surface area contributed by atoms with Crippen molar-refractivity contribution in [1.29, 1.82) is 0 Å². The molecule has 0 aromatic carbocycles. The average Bonchev–Trinajstić information content (AvgIpc) is 1.97. The second kappa shape index (κ2) is 5.79. The van der Waals surface area contributed by atoms with Crippen LogP contribution in [-0.4, -0.2) is 17.7 Å².